The van der Waals surface area contributed by atoms with Crippen LogP contribution < -0.4 is 15.4 Å². The molecule has 182 valence electrons. The van der Waals surface area contributed by atoms with E-state index < -0.39 is 0 Å². The topological polar surface area (TPSA) is 70.7 Å². The number of amides is 2. The van der Waals surface area contributed by atoms with Crippen LogP contribution in [-0.4, -0.2) is 49.0 Å². The van der Waals surface area contributed by atoms with Gasteiger partial charge in [0.1, 0.15) is 12.4 Å². The fraction of sp³-hybridized carbons (Fsp3) is 0.259. The number of benzene rings is 3. The molecular weight excluding hydrogens is 574 g/mol. The Balaban J connectivity index is 1.18. The zero-order valence-corrected chi connectivity index (χ0v) is 22.3. The third-order valence-electron chi connectivity index (χ3n) is 5.92. The summed E-state index contributed by atoms with van der Waals surface area (Å²) in [6.45, 7) is 3.36. The van der Waals surface area contributed by atoms with E-state index in [1.807, 2.05) is 36.4 Å². The predicted octanol–water partition coefficient (Wildman–Crippen LogP) is 5.74. The van der Waals surface area contributed by atoms with E-state index in [0.717, 1.165) is 47.2 Å². The number of nitrogens with zero attached hydrogens (tertiary/aromatic N) is 1. The molecule has 1 aliphatic rings. The first kappa shape index (κ1) is 25.4. The summed E-state index contributed by atoms with van der Waals surface area (Å²) < 4.78 is 7.77. The van der Waals surface area contributed by atoms with Gasteiger partial charge in [0.25, 0.3) is 11.8 Å². The number of anilines is 1. The van der Waals surface area contributed by atoms with E-state index in [2.05, 4.69) is 47.4 Å². The highest BCUT2D eigenvalue weighted by molar-refractivity contribution is 9.10. The van der Waals surface area contributed by atoms with Crippen LogP contribution in [0, 0.1) is 0 Å². The van der Waals surface area contributed by atoms with E-state index in [4.69, 9.17) is 4.74 Å². The number of likely N-dealkylation sites (tertiary alicyclic amines) is 1. The van der Waals surface area contributed by atoms with Gasteiger partial charge in [0, 0.05) is 51.4 Å². The van der Waals surface area contributed by atoms with Crippen LogP contribution >= 0.6 is 31.9 Å². The van der Waals surface area contributed by atoms with E-state index in [1.54, 1.807) is 36.4 Å². The number of carbonyl (C=O) groups is 2. The molecule has 0 saturated carbocycles. The van der Waals surface area contributed by atoms with Crippen LogP contribution in [0.2, 0.25) is 0 Å². The Hall–Kier alpha value is -2.68. The second-order valence-electron chi connectivity index (χ2n) is 8.43. The van der Waals surface area contributed by atoms with Crippen LogP contribution in [0.3, 0.4) is 0 Å². The molecule has 0 aliphatic carbocycles. The van der Waals surface area contributed by atoms with Crippen molar-refractivity contribution in [2.24, 2.45) is 0 Å². The van der Waals surface area contributed by atoms with Gasteiger partial charge >= 0.3 is 0 Å². The van der Waals surface area contributed by atoms with Gasteiger partial charge in [-0.1, -0.05) is 31.9 Å². The Labute approximate surface area is 222 Å². The maximum atomic E-state index is 12.7. The lowest BCUT2D eigenvalue weighted by molar-refractivity contribution is 0.0905. The van der Waals surface area contributed by atoms with Crippen molar-refractivity contribution in [1.82, 2.24) is 10.2 Å². The van der Waals surface area contributed by atoms with Gasteiger partial charge in [0.2, 0.25) is 0 Å². The largest absolute Gasteiger partial charge is 0.492 e. The summed E-state index contributed by atoms with van der Waals surface area (Å²) in [5.41, 5.74) is 1.80. The number of rotatable bonds is 8. The Morgan fingerprint density at radius 2 is 1.34 bits per heavy atom. The van der Waals surface area contributed by atoms with Crippen molar-refractivity contribution in [2.75, 3.05) is 31.6 Å². The summed E-state index contributed by atoms with van der Waals surface area (Å²) in [7, 11) is 0. The van der Waals surface area contributed by atoms with Crippen molar-refractivity contribution >= 4 is 49.4 Å². The summed E-state index contributed by atoms with van der Waals surface area (Å²) in [4.78, 5) is 27.4. The van der Waals surface area contributed by atoms with Crippen molar-refractivity contribution in [3.63, 3.8) is 0 Å². The van der Waals surface area contributed by atoms with Crippen LogP contribution in [0.25, 0.3) is 0 Å². The maximum absolute atomic E-state index is 12.7. The number of ether oxygens (including phenoxy) is 1. The number of hydrogen-bond donors (Lipinski definition) is 2. The lowest BCUT2D eigenvalue weighted by Crippen LogP contribution is -2.45. The van der Waals surface area contributed by atoms with Gasteiger partial charge in [-0.2, -0.15) is 0 Å². The third kappa shape index (κ3) is 7.65. The van der Waals surface area contributed by atoms with Gasteiger partial charge in [0.05, 0.1) is 0 Å². The summed E-state index contributed by atoms with van der Waals surface area (Å²) in [6, 6.07) is 22.1. The molecule has 1 saturated heterocycles. The van der Waals surface area contributed by atoms with E-state index >= 15 is 0 Å². The zero-order chi connectivity index (χ0) is 24.6. The van der Waals surface area contributed by atoms with Crippen molar-refractivity contribution in [3.8, 4) is 5.75 Å². The summed E-state index contributed by atoms with van der Waals surface area (Å²) in [5, 5.41) is 6.00. The van der Waals surface area contributed by atoms with Gasteiger partial charge in [-0.05, 0) is 85.6 Å². The van der Waals surface area contributed by atoms with E-state index in [9.17, 15) is 9.59 Å². The standard InChI is InChI=1S/C27H27Br2N3O3/c28-21-5-1-19(2-6-21)26(33)30-23-9-3-20(4-10-23)27(34)31-24-13-15-32(16-14-24)17-18-35-25-11-7-22(29)8-12-25/h1-12,24H,13-18H2,(H,30,33)(H,31,34). The second-order valence-corrected chi connectivity index (χ2v) is 10.3. The van der Waals surface area contributed by atoms with E-state index in [-0.39, 0.29) is 17.9 Å². The summed E-state index contributed by atoms with van der Waals surface area (Å²) in [6.07, 6.45) is 1.82. The average molecular weight is 601 g/mol. The molecule has 2 N–H and O–H groups in total. The Morgan fingerprint density at radius 1 is 0.800 bits per heavy atom. The van der Waals surface area contributed by atoms with Gasteiger partial charge in [-0.15, -0.1) is 0 Å². The molecule has 0 bridgehead atoms. The Morgan fingerprint density at radius 3 is 1.97 bits per heavy atom. The number of piperidine rings is 1. The first-order chi connectivity index (χ1) is 17.0. The number of nitrogens with one attached hydrogen (secondary N) is 2. The smallest absolute Gasteiger partial charge is 0.255 e. The molecule has 0 unspecified atom stereocenters. The summed E-state index contributed by atoms with van der Waals surface area (Å²) in [5.74, 6) is 0.589. The monoisotopic (exact) mass is 599 g/mol. The molecule has 0 aromatic heterocycles. The molecule has 3 aromatic carbocycles. The molecule has 0 radical (unpaired) electrons. The first-order valence-corrected chi connectivity index (χ1v) is 13.1. The van der Waals surface area contributed by atoms with Crippen molar-refractivity contribution in [2.45, 2.75) is 18.9 Å². The molecular formula is C27H27Br2N3O3. The van der Waals surface area contributed by atoms with Crippen LogP contribution in [0.1, 0.15) is 33.6 Å². The highest BCUT2D eigenvalue weighted by atomic mass is 79.9. The van der Waals surface area contributed by atoms with Gasteiger partial charge < -0.3 is 15.4 Å². The predicted molar refractivity (Wildman–Crippen MR) is 145 cm³/mol. The van der Waals surface area contributed by atoms with E-state index in [1.165, 1.54) is 0 Å². The first-order valence-electron chi connectivity index (χ1n) is 11.5. The van der Waals surface area contributed by atoms with Crippen LogP contribution in [0.4, 0.5) is 5.69 Å². The number of carbonyl (C=O) groups excluding carboxylic acids is 2. The van der Waals surface area contributed by atoms with Crippen LogP contribution in [0.5, 0.6) is 5.75 Å². The van der Waals surface area contributed by atoms with Crippen molar-refractivity contribution < 1.29 is 14.3 Å². The lowest BCUT2D eigenvalue weighted by atomic mass is 10.0. The molecule has 8 heteroatoms. The molecule has 1 heterocycles. The van der Waals surface area contributed by atoms with Gasteiger partial charge in [-0.3, -0.25) is 14.5 Å². The molecule has 1 aliphatic heterocycles. The van der Waals surface area contributed by atoms with E-state index in [0.29, 0.717) is 23.4 Å². The quantitative estimate of drug-likeness (QED) is 0.346. The number of halogens is 2. The van der Waals surface area contributed by atoms with Crippen molar-refractivity contribution in [1.29, 1.82) is 0 Å². The van der Waals surface area contributed by atoms with Crippen LogP contribution in [0.15, 0.2) is 81.7 Å². The SMILES string of the molecule is O=C(Nc1ccc(C(=O)NC2CCN(CCOc3ccc(Br)cc3)CC2)cc1)c1ccc(Br)cc1. The van der Waals surface area contributed by atoms with Crippen molar-refractivity contribution in [3.05, 3.63) is 92.9 Å². The highest BCUT2D eigenvalue weighted by Gasteiger charge is 2.21. The number of hydrogen-bond acceptors (Lipinski definition) is 4. The molecule has 6 nitrogen and oxygen atoms in total. The minimum absolute atomic E-state index is 0.0900. The Bertz CT molecular complexity index is 1130. The molecule has 1 fully saturated rings. The lowest BCUT2D eigenvalue weighted by Gasteiger charge is -2.32. The van der Waals surface area contributed by atoms with Gasteiger partial charge in [-0.25, -0.2) is 0 Å². The Kier molecular flexibility index (Phi) is 8.95. The maximum Gasteiger partial charge on any atom is 0.255 e. The third-order valence-corrected chi connectivity index (χ3v) is 6.98. The fourth-order valence-electron chi connectivity index (χ4n) is 3.90. The molecule has 4 rings (SSSR count). The minimum Gasteiger partial charge on any atom is -0.492 e. The molecule has 3 aromatic rings. The normalized spacial score (nSPS) is 14.3. The summed E-state index contributed by atoms with van der Waals surface area (Å²) >= 11 is 6.79. The molecule has 0 spiro atoms. The molecule has 35 heavy (non-hydrogen) atoms. The van der Waals surface area contributed by atoms with Crippen LogP contribution in [-0.2, 0) is 0 Å². The second kappa shape index (κ2) is 12.3. The minimum atomic E-state index is -0.191. The van der Waals surface area contributed by atoms with Gasteiger partial charge in [0.15, 0.2) is 0 Å². The zero-order valence-electron chi connectivity index (χ0n) is 19.2. The average Bonchev–Trinajstić information content (AvgIpc) is 2.87. The molecule has 2 amide bonds. The highest BCUT2D eigenvalue weighted by Crippen LogP contribution is 2.17. The molecule has 0 atom stereocenters. The fourth-order valence-corrected chi connectivity index (χ4v) is 4.43.